The summed E-state index contributed by atoms with van der Waals surface area (Å²) >= 11 is 5.56. The molecular formula is C18H14ClNO3. The molecule has 5 heteroatoms. The molecule has 0 unspecified atom stereocenters. The van der Waals surface area contributed by atoms with Crippen LogP contribution in [0.4, 0.5) is 5.69 Å². The van der Waals surface area contributed by atoms with Gasteiger partial charge in [-0.2, -0.15) is 0 Å². The first-order valence-electron chi connectivity index (χ1n) is 7.27. The van der Waals surface area contributed by atoms with Gasteiger partial charge in [0, 0.05) is 5.56 Å². The van der Waals surface area contributed by atoms with Crippen molar-refractivity contribution < 1.29 is 14.4 Å². The second-order valence-corrected chi connectivity index (χ2v) is 5.73. The van der Waals surface area contributed by atoms with Crippen molar-refractivity contribution in [3.05, 3.63) is 64.2 Å². The highest BCUT2D eigenvalue weighted by molar-refractivity contribution is 6.68. The van der Waals surface area contributed by atoms with E-state index < -0.39 is 17.1 Å². The van der Waals surface area contributed by atoms with Gasteiger partial charge < -0.3 is 0 Å². The van der Waals surface area contributed by atoms with E-state index in [1.54, 1.807) is 12.1 Å². The molecule has 3 rings (SSSR count). The maximum Gasteiger partial charge on any atom is 0.266 e. The quantitative estimate of drug-likeness (QED) is 0.637. The Morgan fingerprint density at radius 2 is 1.78 bits per heavy atom. The van der Waals surface area contributed by atoms with E-state index >= 15 is 0 Å². The lowest BCUT2D eigenvalue weighted by Crippen LogP contribution is -2.31. The minimum absolute atomic E-state index is 0.0663. The fraction of sp³-hybridized carbons (Fsp3) is 0.167. The molecule has 0 aromatic heterocycles. The molecule has 0 atom stereocenters. The minimum atomic E-state index is -0.745. The van der Waals surface area contributed by atoms with Gasteiger partial charge in [0.2, 0.25) is 0 Å². The fourth-order valence-corrected chi connectivity index (χ4v) is 3.13. The predicted molar refractivity (Wildman–Crippen MR) is 88.3 cm³/mol. The van der Waals surface area contributed by atoms with Gasteiger partial charge in [0.05, 0.1) is 16.8 Å². The number of hydrogen-bond acceptors (Lipinski definition) is 3. The van der Waals surface area contributed by atoms with Crippen LogP contribution in [0.3, 0.4) is 0 Å². The summed E-state index contributed by atoms with van der Waals surface area (Å²) in [5.41, 5.74) is 2.69. The Balaban J connectivity index is 2.23. The van der Waals surface area contributed by atoms with Crippen molar-refractivity contribution in [2.45, 2.75) is 20.3 Å². The zero-order valence-electron chi connectivity index (χ0n) is 12.7. The van der Waals surface area contributed by atoms with E-state index in [0.717, 1.165) is 16.0 Å². The number of carbonyl (C=O) groups is 3. The third kappa shape index (κ3) is 2.26. The molecule has 0 spiro atoms. The summed E-state index contributed by atoms with van der Waals surface area (Å²) in [5, 5.41) is -0.745. The van der Waals surface area contributed by atoms with Crippen molar-refractivity contribution in [1.82, 2.24) is 0 Å². The lowest BCUT2D eigenvalue weighted by Gasteiger charge is -2.20. The minimum Gasteiger partial charge on any atom is -0.276 e. The summed E-state index contributed by atoms with van der Waals surface area (Å²) in [6.45, 7) is 3.82. The number of fused-ring (bicyclic) bond motifs is 1. The van der Waals surface area contributed by atoms with Gasteiger partial charge in [0.15, 0.2) is 0 Å². The topological polar surface area (TPSA) is 54.5 Å². The van der Waals surface area contributed by atoms with Gasteiger partial charge in [-0.25, -0.2) is 4.90 Å². The van der Waals surface area contributed by atoms with Crippen molar-refractivity contribution in [3.63, 3.8) is 0 Å². The maximum absolute atomic E-state index is 12.8. The zero-order chi connectivity index (χ0) is 16.7. The summed E-state index contributed by atoms with van der Waals surface area (Å²) in [7, 11) is 0. The Bertz CT molecular complexity index is 857. The number of carbonyl (C=O) groups excluding carboxylic acids is 3. The Hall–Kier alpha value is -2.46. The Morgan fingerprint density at radius 3 is 2.43 bits per heavy atom. The second kappa shape index (κ2) is 5.63. The predicted octanol–water partition coefficient (Wildman–Crippen LogP) is 3.74. The van der Waals surface area contributed by atoms with Crippen molar-refractivity contribution in [1.29, 1.82) is 0 Å². The Kier molecular flexibility index (Phi) is 3.78. The van der Waals surface area contributed by atoms with Crippen LogP contribution in [0, 0.1) is 6.92 Å². The van der Waals surface area contributed by atoms with Crippen LogP contribution in [0.15, 0.2) is 36.4 Å². The Morgan fingerprint density at radius 1 is 1.09 bits per heavy atom. The van der Waals surface area contributed by atoms with Gasteiger partial charge in [-0.05, 0) is 48.2 Å². The molecule has 0 saturated heterocycles. The molecule has 2 amide bonds. The van der Waals surface area contributed by atoms with E-state index in [-0.39, 0.29) is 16.7 Å². The number of rotatable bonds is 3. The molecule has 0 fully saturated rings. The molecule has 0 radical (unpaired) electrons. The number of anilines is 1. The molecule has 4 nitrogen and oxygen atoms in total. The molecule has 2 aromatic rings. The molecule has 1 aliphatic rings. The number of amides is 2. The number of aryl methyl sites for hydroxylation is 2. The number of para-hydroxylation sites is 1. The van der Waals surface area contributed by atoms with Gasteiger partial charge in [-0.1, -0.05) is 31.2 Å². The second-order valence-electron chi connectivity index (χ2n) is 5.38. The van der Waals surface area contributed by atoms with E-state index in [2.05, 4.69) is 0 Å². The largest absolute Gasteiger partial charge is 0.276 e. The summed E-state index contributed by atoms with van der Waals surface area (Å²) in [6.07, 6.45) is 0.686. The summed E-state index contributed by atoms with van der Waals surface area (Å²) < 4.78 is 0. The van der Waals surface area contributed by atoms with Crippen LogP contribution in [-0.2, 0) is 6.42 Å². The highest BCUT2D eigenvalue weighted by Crippen LogP contribution is 2.35. The number of hydrogen-bond donors (Lipinski definition) is 0. The molecule has 2 aromatic carbocycles. The molecule has 1 heterocycles. The standard InChI is InChI=1S/C18H14ClNO3/c1-3-11-7-4-6-10(2)15(11)20-17(22)13-9-5-8-12(16(19)21)14(13)18(20)23/h4-9H,3H2,1-2H3. The van der Waals surface area contributed by atoms with Crippen LogP contribution in [0.5, 0.6) is 0 Å². The summed E-state index contributed by atoms with van der Waals surface area (Å²) in [6, 6.07) is 10.2. The van der Waals surface area contributed by atoms with E-state index in [0.29, 0.717) is 12.1 Å². The molecule has 0 saturated carbocycles. The smallest absolute Gasteiger partial charge is 0.266 e. The molecule has 23 heavy (non-hydrogen) atoms. The molecular weight excluding hydrogens is 314 g/mol. The third-order valence-corrected chi connectivity index (χ3v) is 4.26. The lowest BCUT2D eigenvalue weighted by molar-refractivity contribution is 0.0922. The van der Waals surface area contributed by atoms with E-state index in [9.17, 15) is 14.4 Å². The highest BCUT2D eigenvalue weighted by Gasteiger charge is 2.40. The van der Waals surface area contributed by atoms with Gasteiger partial charge in [0.25, 0.3) is 17.1 Å². The van der Waals surface area contributed by atoms with Gasteiger partial charge in [-0.15, -0.1) is 0 Å². The first kappa shape index (κ1) is 15.4. The van der Waals surface area contributed by atoms with Crippen LogP contribution >= 0.6 is 11.6 Å². The van der Waals surface area contributed by atoms with Crippen LogP contribution in [0.2, 0.25) is 0 Å². The Labute approximate surface area is 138 Å². The van der Waals surface area contributed by atoms with Crippen LogP contribution in [0.1, 0.15) is 49.1 Å². The molecule has 0 bridgehead atoms. The van der Waals surface area contributed by atoms with Crippen LogP contribution in [-0.4, -0.2) is 17.1 Å². The van der Waals surface area contributed by atoms with Gasteiger partial charge >= 0.3 is 0 Å². The monoisotopic (exact) mass is 327 g/mol. The van der Waals surface area contributed by atoms with Crippen LogP contribution < -0.4 is 4.90 Å². The summed E-state index contributed by atoms with van der Waals surface area (Å²) in [4.78, 5) is 38.3. The van der Waals surface area contributed by atoms with Crippen LogP contribution in [0.25, 0.3) is 0 Å². The molecule has 116 valence electrons. The summed E-state index contributed by atoms with van der Waals surface area (Å²) in [5.74, 6) is -0.924. The number of imide groups is 1. The van der Waals surface area contributed by atoms with Crippen molar-refractivity contribution in [2.75, 3.05) is 4.90 Å². The number of nitrogens with zero attached hydrogens (tertiary/aromatic N) is 1. The maximum atomic E-state index is 12.8. The van der Waals surface area contributed by atoms with Gasteiger partial charge in [0.1, 0.15) is 0 Å². The average molecular weight is 328 g/mol. The van der Waals surface area contributed by atoms with Crippen molar-refractivity contribution >= 4 is 34.3 Å². The highest BCUT2D eigenvalue weighted by atomic mass is 35.5. The number of halogens is 1. The van der Waals surface area contributed by atoms with Crippen molar-refractivity contribution in [3.8, 4) is 0 Å². The van der Waals surface area contributed by atoms with Gasteiger partial charge in [-0.3, -0.25) is 14.4 Å². The first-order chi connectivity index (χ1) is 11.0. The lowest BCUT2D eigenvalue weighted by atomic mass is 10.0. The molecule has 0 N–H and O–H groups in total. The fourth-order valence-electron chi connectivity index (χ4n) is 2.98. The SMILES string of the molecule is CCc1cccc(C)c1N1C(=O)c2cccc(C(=O)Cl)c2C1=O. The molecule has 0 aliphatic carbocycles. The van der Waals surface area contributed by atoms with Crippen molar-refractivity contribution in [2.24, 2.45) is 0 Å². The van der Waals surface area contributed by atoms with E-state index in [1.165, 1.54) is 6.07 Å². The van der Waals surface area contributed by atoms with E-state index in [1.807, 2.05) is 32.0 Å². The average Bonchev–Trinajstić information content (AvgIpc) is 2.79. The number of benzene rings is 2. The first-order valence-corrected chi connectivity index (χ1v) is 7.65. The third-order valence-electron chi connectivity index (χ3n) is 4.05. The normalized spacial score (nSPS) is 13.4. The molecule has 1 aliphatic heterocycles. The zero-order valence-corrected chi connectivity index (χ0v) is 13.5. The van der Waals surface area contributed by atoms with E-state index in [4.69, 9.17) is 11.6 Å².